The van der Waals surface area contributed by atoms with Crippen molar-refractivity contribution in [1.82, 2.24) is 19.3 Å². The third-order valence-electron chi connectivity index (χ3n) is 8.51. The van der Waals surface area contributed by atoms with Crippen LogP contribution in [0, 0.1) is 26.7 Å². The Hall–Kier alpha value is -5.16. The van der Waals surface area contributed by atoms with Crippen LogP contribution < -0.4 is 4.74 Å². The molecular weight excluding hydrogens is 552 g/mol. The van der Waals surface area contributed by atoms with E-state index in [1.165, 1.54) is 11.1 Å². The highest BCUT2D eigenvalue weighted by Gasteiger charge is 2.17. The second kappa shape index (κ2) is 11.7. The summed E-state index contributed by atoms with van der Waals surface area (Å²) >= 11 is 0. The van der Waals surface area contributed by atoms with E-state index in [9.17, 15) is 0 Å². The van der Waals surface area contributed by atoms with Gasteiger partial charge in [0.25, 0.3) is 0 Å². The Bertz CT molecular complexity index is 2210. The molecule has 5 heteroatoms. The zero-order chi connectivity index (χ0) is 31.9. The van der Waals surface area contributed by atoms with Crippen LogP contribution in [0.15, 0.2) is 109 Å². The van der Waals surface area contributed by atoms with Gasteiger partial charge in [-0.1, -0.05) is 62.4 Å². The largest absolute Gasteiger partial charge is 0.457 e. The number of hydrogen-bond acceptors (Lipinski definition) is 3. The number of para-hydroxylation sites is 1. The number of nitrogens with zero attached hydrogens (tertiary/aromatic N) is 4. The molecule has 5 nitrogen and oxygen atoms in total. The smallest absolute Gasteiger partial charge is 0.137 e. The number of fused-ring (bicyclic) bond motifs is 3. The van der Waals surface area contributed by atoms with Crippen molar-refractivity contribution in [2.75, 3.05) is 0 Å². The molecule has 0 saturated carbocycles. The maximum atomic E-state index is 8.28. The number of pyridine rings is 1. The van der Waals surface area contributed by atoms with Crippen molar-refractivity contribution in [2.45, 2.75) is 47.5 Å². The second-order valence-electron chi connectivity index (χ2n) is 12.3. The third-order valence-corrected chi connectivity index (χ3v) is 8.51. The standard InChI is InChI=1S/C40H38N4O/c1-26(2)15-16-30-22-32(44-29(5)40(28(4)42-44)31-11-7-6-8-12-31)24-34(23-30)45-33-17-18-36-35-13-9-10-14-37(35)43(38(36)25-33)39-21-27(3)19-20-41-39/h6-14,17-26H,15-16H2,1-5H3/i9D. The molecular formula is C40H38N4O. The van der Waals surface area contributed by atoms with Crippen LogP contribution in [0.25, 0.3) is 44.4 Å². The van der Waals surface area contributed by atoms with Gasteiger partial charge in [0.15, 0.2) is 0 Å². The topological polar surface area (TPSA) is 44.9 Å². The van der Waals surface area contributed by atoms with Gasteiger partial charge in [-0.3, -0.25) is 4.57 Å². The van der Waals surface area contributed by atoms with Gasteiger partial charge in [-0.15, -0.1) is 0 Å². The number of hydrogen-bond donors (Lipinski definition) is 0. The Morgan fingerprint density at radius 2 is 1.62 bits per heavy atom. The molecule has 0 spiro atoms. The summed E-state index contributed by atoms with van der Waals surface area (Å²) in [6, 6.07) is 33.5. The highest BCUT2D eigenvalue weighted by molar-refractivity contribution is 6.09. The van der Waals surface area contributed by atoms with Crippen LogP contribution in [0.4, 0.5) is 0 Å². The van der Waals surface area contributed by atoms with Gasteiger partial charge in [-0.2, -0.15) is 5.10 Å². The molecule has 3 aromatic heterocycles. The van der Waals surface area contributed by atoms with Crippen molar-refractivity contribution < 1.29 is 6.11 Å². The normalized spacial score (nSPS) is 11.9. The van der Waals surface area contributed by atoms with E-state index < -0.39 is 0 Å². The summed E-state index contributed by atoms with van der Waals surface area (Å²) in [7, 11) is 0. The number of benzene rings is 4. The van der Waals surface area contributed by atoms with E-state index in [2.05, 4.69) is 99.8 Å². The summed E-state index contributed by atoms with van der Waals surface area (Å²) < 4.78 is 19.2. The van der Waals surface area contributed by atoms with Crippen LogP contribution in [-0.2, 0) is 6.42 Å². The van der Waals surface area contributed by atoms with Gasteiger partial charge in [0.2, 0.25) is 0 Å². The Balaban J connectivity index is 1.34. The summed E-state index contributed by atoms with van der Waals surface area (Å²) in [5.74, 6) is 2.94. The van der Waals surface area contributed by atoms with E-state index >= 15 is 0 Å². The summed E-state index contributed by atoms with van der Waals surface area (Å²) in [5.41, 5.74) is 9.76. The van der Waals surface area contributed by atoms with Crippen molar-refractivity contribution >= 4 is 21.8 Å². The van der Waals surface area contributed by atoms with Crippen molar-refractivity contribution in [3.63, 3.8) is 0 Å². The first-order valence-electron chi connectivity index (χ1n) is 16.2. The number of rotatable bonds is 8. The molecule has 0 aliphatic rings. The van der Waals surface area contributed by atoms with E-state index in [1.807, 2.05) is 47.3 Å². The van der Waals surface area contributed by atoms with E-state index in [-0.39, 0.29) is 0 Å². The molecule has 7 aromatic rings. The second-order valence-corrected chi connectivity index (χ2v) is 12.3. The predicted octanol–water partition coefficient (Wildman–Crippen LogP) is 10.3. The van der Waals surface area contributed by atoms with Gasteiger partial charge in [0, 0.05) is 40.4 Å². The molecule has 7 rings (SSSR count). The van der Waals surface area contributed by atoms with Crippen LogP contribution >= 0.6 is 0 Å². The molecule has 0 fully saturated rings. The van der Waals surface area contributed by atoms with Gasteiger partial charge in [0.05, 0.1) is 23.8 Å². The van der Waals surface area contributed by atoms with Crippen LogP contribution in [0.2, 0.25) is 0 Å². The molecule has 0 aliphatic heterocycles. The van der Waals surface area contributed by atoms with Crippen molar-refractivity contribution in [2.24, 2.45) is 5.92 Å². The molecule has 0 saturated heterocycles. The first-order chi connectivity index (χ1) is 22.2. The lowest BCUT2D eigenvalue weighted by molar-refractivity contribution is 0.481. The van der Waals surface area contributed by atoms with Crippen molar-refractivity contribution in [1.29, 1.82) is 0 Å². The van der Waals surface area contributed by atoms with E-state index in [0.29, 0.717) is 12.0 Å². The summed E-state index contributed by atoms with van der Waals surface area (Å²) in [4.78, 5) is 4.71. The fourth-order valence-corrected chi connectivity index (χ4v) is 6.32. The van der Waals surface area contributed by atoms with Crippen LogP contribution in [0.5, 0.6) is 11.5 Å². The minimum atomic E-state index is 0.481. The first kappa shape index (κ1) is 27.4. The minimum absolute atomic E-state index is 0.481. The zero-order valence-electron chi connectivity index (χ0n) is 27.5. The lowest BCUT2D eigenvalue weighted by Crippen LogP contribution is -2.02. The lowest BCUT2D eigenvalue weighted by Gasteiger charge is -2.14. The maximum absolute atomic E-state index is 8.28. The molecule has 0 amide bonds. The Morgan fingerprint density at radius 3 is 2.42 bits per heavy atom. The summed E-state index contributed by atoms with van der Waals surface area (Å²) in [6.45, 7) is 10.8. The lowest BCUT2D eigenvalue weighted by atomic mass is 10.0. The molecule has 0 atom stereocenters. The Labute approximate surface area is 266 Å². The van der Waals surface area contributed by atoms with Gasteiger partial charge in [-0.25, -0.2) is 9.67 Å². The predicted molar refractivity (Wildman–Crippen MR) is 185 cm³/mol. The van der Waals surface area contributed by atoms with Gasteiger partial charge in [-0.05, 0) is 98.7 Å². The van der Waals surface area contributed by atoms with Crippen molar-refractivity contribution in [3.05, 3.63) is 132 Å². The number of aryl methyl sites for hydroxylation is 3. The molecule has 45 heavy (non-hydrogen) atoms. The zero-order valence-corrected chi connectivity index (χ0v) is 26.5. The van der Waals surface area contributed by atoms with Gasteiger partial charge >= 0.3 is 0 Å². The SMILES string of the molecule is [2H]c1ccc2c(c1)c1ccc(Oc3cc(CCC(C)C)cc(-n4nc(C)c(-c5ccccc5)c4C)c3)cc1n2-c1cc(C)ccn1. The minimum Gasteiger partial charge on any atom is -0.457 e. The maximum Gasteiger partial charge on any atom is 0.137 e. The molecule has 0 unspecified atom stereocenters. The fraction of sp³-hybridized carbons (Fsp3) is 0.200. The third kappa shape index (κ3) is 5.51. The van der Waals surface area contributed by atoms with E-state index in [1.54, 1.807) is 0 Å². The summed E-state index contributed by atoms with van der Waals surface area (Å²) in [5, 5.41) is 7.08. The summed E-state index contributed by atoms with van der Waals surface area (Å²) in [6.07, 6.45) is 3.88. The fourth-order valence-electron chi connectivity index (χ4n) is 6.32. The van der Waals surface area contributed by atoms with Crippen LogP contribution in [0.1, 0.15) is 44.2 Å². The molecule has 224 valence electrons. The number of aromatic nitrogens is 4. The average Bonchev–Trinajstić information content (AvgIpc) is 3.52. The molecule has 3 heterocycles. The van der Waals surface area contributed by atoms with Crippen molar-refractivity contribution in [3.8, 4) is 34.1 Å². The molecule has 4 aromatic carbocycles. The van der Waals surface area contributed by atoms with Crippen LogP contribution in [-0.4, -0.2) is 19.3 Å². The molecule has 0 radical (unpaired) electrons. The molecule has 0 N–H and O–H groups in total. The quantitative estimate of drug-likeness (QED) is 0.177. The van der Waals surface area contributed by atoms with Crippen LogP contribution in [0.3, 0.4) is 0 Å². The highest BCUT2D eigenvalue weighted by atomic mass is 16.5. The van der Waals surface area contributed by atoms with E-state index in [4.69, 9.17) is 16.2 Å². The first-order valence-corrected chi connectivity index (χ1v) is 15.7. The monoisotopic (exact) mass is 591 g/mol. The van der Waals surface area contributed by atoms with Gasteiger partial charge < -0.3 is 4.74 Å². The average molecular weight is 592 g/mol. The Kier molecular flexibility index (Phi) is 7.14. The molecule has 0 bridgehead atoms. The highest BCUT2D eigenvalue weighted by Crippen LogP contribution is 2.36. The molecule has 0 aliphatic carbocycles. The Morgan fingerprint density at radius 1 is 0.800 bits per heavy atom. The van der Waals surface area contributed by atoms with E-state index in [0.717, 1.165) is 80.2 Å². The number of ether oxygens (including phenoxy) is 1. The van der Waals surface area contributed by atoms with Gasteiger partial charge in [0.1, 0.15) is 17.3 Å².